The van der Waals surface area contributed by atoms with E-state index >= 15 is 0 Å². The third-order valence-corrected chi connectivity index (χ3v) is 5.11. The number of aryl methyl sites for hydroxylation is 1. The number of aromatic nitrogens is 5. The van der Waals surface area contributed by atoms with Crippen LogP contribution in [0, 0.1) is 24.2 Å². The van der Waals surface area contributed by atoms with Gasteiger partial charge in [0.2, 0.25) is 0 Å². The summed E-state index contributed by atoms with van der Waals surface area (Å²) in [4.78, 5) is 11.9. The van der Waals surface area contributed by atoms with Crippen molar-refractivity contribution in [2.24, 2.45) is 5.92 Å². The summed E-state index contributed by atoms with van der Waals surface area (Å²) in [5.41, 5.74) is 3.68. The van der Waals surface area contributed by atoms with E-state index in [0.717, 1.165) is 28.0 Å². The van der Waals surface area contributed by atoms with Gasteiger partial charge in [-0.2, -0.15) is 10.4 Å². The summed E-state index contributed by atoms with van der Waals surface area (Å²) < 4.78 is 2.00. The van der Waals surface area contributed by atoms with Crippen molar-refractivity contribution in [3.05, 3.63) is 30.5 Å². The van der Waals surface area contributed by atoms with Crippen molar-refractivity contribution in [3.8, 4) is 17.3 Å². The third-order valence-electron chi connectivity index (χ3n) is 5.11. The molecule has 1 unspecified atom stereocenters. The summed E-state index contributed by atoms with van der Waals surface area (Å²) in [6, 6.07) is 4.50. The van der Waals surface area contributed by atoms with E-state index in [1.165, 1.54) is 25.7 Å². The summed E-state index contributed by atoms with van der Waals surface area (Å²) in [6.45, 7) is 2.00. The number of hydrogen-bond donors (Lipinski definition) is 1. The minimum Gasteiger partial charge on any atom is -0.346 e. The number of hydrogen-bond acceptors (Lipinski definition) is 4. The maximum Gasteiger partial charge on any atom is 0.141 e. The first-order chi connectivity index (χ1) is 11.8. The molecule has 122 valence electrons. The van der Waals surface area contributed by atoms with Crippen LogP contribution in [0.15, 0.2) is 24.8 Å². The van der Waals surface area contributed by atoms with Gasteiger partial charge >= 0.3 is 0 Å². The van der Waals surface area contributed by atoms with Gasteiger partial charge in [-0.1, -0.05) is 12.8 Å². The Morgan fingerprint density at radius 2 is 2.21 bits per heavy atom. The van der Waals surface area contributed by atoms with Gasteiger partial charge in [-0.3, -0.25) is 4.68 Å². The second-order valence-electron chi connectivity index (χ2n) is 6.54. The van der Waals surface area contributed by atoms with Crippen molar-refractivity contribution in [1.82, 2.24) is 24.7 Å². The molecule has 1 fully saturated rings. The Balaban J connectivity index is 1.76. The lowest BCUT2D eigenvalue weighted by atomic mass is 9.96. The Morgan fingerprint density at radius 1 is 1.38 bits per heavy atom. The molecule has 1 N–H and O–H groups in total. The molecule has 0 aromatic carbocycles. The fourth-order valence-corrected chi connectivity index (χ4v) is 3.88. The lowest BCUT2D eigenvalue weighted by Gasteiger charge is -2.21. The van der Waals surface area contributed by atoms with Crippen molar-refractivity contribution in [1.29, 1.82) is 5.26 Å². The normalized spacial score (nSPS) is 16.5. The first kappa shape index (κ1) is 14.9. The molecule has 0 bridgehead atoms. The smallest absolute Gasteiger partial charge is 0.141 e. The standard InChI is InChI=1S/C18H20N6/c1-12-15(17-14-7-9-20-18(14)22-11-21-17)10-24(23-12)16(6-8-19)13-4-2-3-5-13/h7,9-11,13,16H,2-6H2,1H3,(H,20,21,22). The van der Waals surface area contributed by atoms with E-state index in [4.69, 9.17) is 5.10 Å². The molecule has 6 nitrogen and oxygen atoms in total. The van der Waals surface area contributed by atoms with Gasteiger partial charge in [-0.15, -0.1) is 0 Å². The van der Waals surface area contributed by atoms with Crippen molar-refractivity contribution in [3.63, 3.8) is 0 Å². The van der Waals surface area contributed by atoms with E-state index < -0.39 is 0 Å². The average Bonchev–Trinajstić information content (AvgIpc) is 3.32. The SMILES string of the molecule is Cc1nn(C(CC#N)C2CCCC2)cc1-c1ncnc2[nH]ccc12. The molecule has 24 heavy (non-hydrogen) atoms. The summed E-state index contributed by atoms with van der Waals surface area (Å²) in [7, 11) is 0. The highest BCUT2D eigenvalue weighted by molar-refractivity contribution is 5.90. The van der Waals surface area contributed by atoms with Crippen LogP contribution in [-0.4, -0.2) is 24.7 Å². The molecule has 0 radical (unpaired) electrons. The molecule has 3 heterocycles. The maximum absolute atomic E-state index is 9.25. The summed E-state index contributed by atoms with van der Waals surface area (Å²) in [5, 5.41) is 15.0. The van der Waals surface area contributed by atoms with Crippen LogP contribution in [-0.2, 0) is 0 Å². The second kappa shape index (κ2) is 6.08. The van der Waals surface area contributed by atoms with Gasteiger partial charge in [0.05, 0.1) is 29.9 Å². The molecule has 6 heteroatoms. The predicted molar refractivity (Wildman–Crippen MR) is 91.1 cm³/mol. The zero-order chi connectivity index (χ0) is 16.5. The summed E-state index contributed by atoms with van der Waals surface area (Å²) in [6.07, 6.45) is 10.9. The minimum absolute atomic E-state index is 0.161. The second-order valence-corrected chi connectivity index (χ2v) is 6.54. The molecule has 1 atom stereocenters. The number of fused-ring (bicyclic) bond motifs is 1. The molecular formula is C18H20N6. The molecule has 1 aliphatic rings. The van der Waals surface area contributed by atoms with Crippen molar-refractivity contribution in [2.75, 3.05) is 0 Å². The minimum atomic E-state index is 0.161. The van der Waals surface area contributed by atoms with E-state index in [-0.39, 0.29) is 6.04 Å². The van der Waals surface area contributed by atoms with Gasteiger partial charge in [0.25, 0.3) is 0 Å². The lowest BCUT2D eigenvalue weighted by molar-refractivity contribution is 0.314. The Bertz CT molecular complexity index is 894. The molecule has 1 saturated carbocycles. The van der Waals surface area contributed by atoms with Gasteiger partial charge < -0.3 is 4.98 Å². The fraction of sp³-hybridized carbons (Fsp3) is 0.444. The predicted octanol–water partition coefficient (Wildman–Crippen LogP) is 3.77. The van der Waals surface area contributed by atoms with Crippen LogP contribution >= 0.6 is 0 Å². The zero-order valence-electron chi connectivity index (χ0n) is 13.7. The Labute approximate surface area is 140 Å². The van der Waals surface area contributed by atoms with Crippen molar-refractivity contribution < 1.29 is 0 Å². The van der Waals surface area contributed by atoms with E-state index in [1.807, 2.05) is 23.9 Å². The van der Waals surface area contributed by atoms with Crippen LogP contribution in [0.5, 0.6) is 0 Å². The molecule has 0 aliphatic heterocycles. The Kier molecular flexibility index (Phi) is 3.77. The first-order valence-corrected chi connectivity index (χ1v) is 8.49. The molecule has 1 aliphatic carbocycles. The zero-order valence-corrected chi connectivity index (χ0v) is 13.7. The van der Waals surface area contributed by atoms with Crippen LogP contribution in [0.4, 0.5) is 0 Å². The third kappa shape index (κ3) is 2.46. The summed E-state index contributed by atoms with van der Waals surface area (Å²) >= 11 is 0. The molecular weight excluding hydrogens is 300 g/mol. The van der Waals surface area contributed by atoms with Crippen LogP contribution in [0.3, 0.4) is 0 Å². The van der Waals surface area contributed by atoms with E-state index in [0.29, 0.717) is 12.3 Å². The monoisotopic (exact) mass is 320 g/mol. The molecule has 4 rings (SSSR count). The van der Waals surface area contributed by atoms with Gasteiger partial charge in [0.1, 0.15) is 12.0 Å². The Hall–Kier alpha value is -2.68. The van der Waals surface area contributed by atoms with Crippen LogP contribution in [0.2, 0.25) is 0 Å². The molecule has 0 amide bonds. The average molecular weight is 320 g/mol. The van der Waals surface area contributed by atoms with Crippen LogP contribution < -0.4 is 0 Å². The highest BCUT2D eigenvalue weighted by atomic mass is 15.3. The Morgan fingerprint density at radius 3 is 3.00 bits per heavy atom. The van der Waals surface area contributed by atoms with Gasteiger partial charge in [0, 0.05) is 23.3 Å². The van der Waals surface area contributed by atoms with E-state index in [9.17, 15) is 5.26 Å². The topological polar surface area (TPSA) is 83.2 Å². The number of aromatic amines is 1. The number of nitrogens with zero attached hydrogens (tertiary/aromatic N) is 5. The highest BCUT2D eigenvalue weighted by Gasteiger charge is 2.28. The maximum atomic E-state index is 9.25. The molecule has 0 spiro atoms. The van der Waals surface area contributed by atoms with E-state index in [1.54, 1.807) is 6.33 Å². The van der Waals surface area contributed by atoms with Gasteiger partial charge in [-0.05, 0) is 31.7 Å². The van der Waals surface area contributed by atoms with Crippen LogP contribution in [0.25, 0.3) is 22.3 Å². The number of rotatable bonds is 4. The highest BCUT2D eigenvalue weighted by Crippen LogP contribution is 2.37. The quantitative estimate of drug-likeness (QED) is 0.793. The largest absolute Gasteiger partial charge is 0.346 e. The van der Waals surface area contributed by atoms with E-state index in [2.05, 4.69) is 27.2 Å². The number of nitriles is 1. The van der Waals surface area contributed by atoms with Gasteiger partial charge in [-0.25, -0.2) is 9.97 Å². The van der Waals surface area contributed by atoms with Crippen molar-refractivity contribution in [2.45, 2.75) is 45.1 Å². The summed E-state index contributed by atoms with van der Waals surface area (Å²) in [5.74, 6) is 0.550. The van der Waals surface area contributed by atoms with Gasteiger partial charge in [0.15, 0.2) is 0 Å². The molecule has 3 aromatic heterocycles. The fourth-order valence-electron chi connectivity index (χ4n) is 3.88. The number of nitrogens with one attached hydrogen (secondary N) is 1. The molecule has 3 aromatic rings. The number of H-pyrrole nitrogens is 1. The first-order valence-electron chi connectivity index (χ1n) is 8.49. The van der Waals surface area contributed by atoms with Crippen molar-refractivity contribution >= 4 is 11.0 Å². The van der Waals surface area contributed by atoms with Crippen LogP contribution in [0.1, 0.15) is 43.8 Å². The lowest BCUT2D eigenvalue weighted by Crippen LogP contribution is -2.17. The molecule has 0 saturated heterocycles.